The van der Waals surface area contributed by atoms with E-state index in [4.69, 9.17) is 62.2 Å². The Hall–Kier alpha value is -6.09. The van der Waals surface area contributed by atoms with E-state index in [1.807, 2.05) is 19.1 Å². The first-order valence-corrected chi connectivity index (χ1v) is 16.7. The Morgan fingerprint density at radius 2 is 1.11 bits per heavy atom. The number of aromatic nitrogens is 6. The number of hydrogen-bond donors (Lipinski definition) is 6. The van der Waals surface area contributed by atoms with E-state index in [1.165, 1.54) is 23.8 Å². The third-order valence-electron chi connectivity index (χ3n) is 6.52. The maximum absolute atomic E-state index is 11.1. The summed E-state index contributed by atoms with van der Waals surface area (Å²) in [6, 6.07) is 28.2. The number of halogens is 3. The third-order valence-corrected chi connectivity index (χ3v) is 7.03. The van der Waals surface area contributed by atoms with Gasteiger partial charge in [0.25, 0.3) is 0 Å². The maximum Gasteiger partial charge on any atom is 0.335 e. The van der Waals surface area contributed by atoms with E-state index in [0.717, 1.165) is 12.0 Å². The fourth-order valence-electron chi connectivity index (χ4n) is 4.21. The molecule has 14 nitrogen and oxygen atoms in total. The first kappa shape index (κ1) is 41.3. The normalized spacial score (nSPS) is 9.91. The van der Waals surface area contributed by atoms with Crippen molar-refractivity contribution in [1.82, 2.24) is 29.9 Å². The first-order valence-electron chi connectivity index (χ1n) is 15.5. The van der Waals surface area contributed by atoms with Gasteiger partial charge in [-0.1, -0.05) is 49.4 Å². The van der Waals surface area contributed by atoms with Gasteiger partial charge in [-0.25, -0.2) is 14.6 Å². The van der Waals surface area contributed by atoms with Gasteiger partial charge in [-0.15, -0.1) is 0 Å². The van der Waals surface area contributed by atoms with E-state index in [-0.39, 0.29) is 27.0 Å². The topological polar surface area (TPSA) is 242 Å². The van der Waals surface area contributed by atoms with Crippen LogP contribution in [0, 0.1) is 6.92 Å². The van der Waals surface area contributed by atoms with E-state index >= 15 is 0 Å². The van der Waals surface area contributed by atoms with Gasteiger partial charge in [0.1, 0.15) is 11.6 Å². The van der Waals surface area contributed by atoms with Crippen molar-refractivity contribution in [3.63, 3.8) is 0 Å². The van der Waals surface area contributed by atoms with Crippen LogP contribution in [0.3, 0.4) is 0 Å². The number of carboxylic acid groups (broad SMARTS) is 2. The van der Waals surface area contributed by atoms with Crippen LogP contribution >= 0.6 is 34.8 Å². The molecule has 2 heterocycles. The van der Waals surface area contributed by atoms with Crippen LogP contribution in [0.1, 0.15) is 50.4 Å². The molecule has 0 radical (unpaired) electrons. The van der Waals surface area contributed by atoms with Gasteiger partial charge in [0, 0.05) is 29.2 Å². The van der Waals surface area contributed by atoms with Crippen LogP contribution in [0.15, 0.2) is 97.1 Å². The van der Waals surface area contributed by atoms with Crippen LogP contribution in [0.2, 0.25) is 15.9 Å². The largest absolute Gasteiger partial charge is 0.478 e. The SMILES string of the molecule is CCc1cccc(Cc2nc(C)nc(Nc3cccc(C(=O)O)c3)n2)c1.Clc1nc(Cl)nc(Cl)n1.Nc1cccc(C(=O)O)c1.Nc1cccc(N)c1. The van der Waals surface area contributed by atoms with E-state index in [2.05, 4.69) is 60.3 Å². The van der Waals surface area contributed by atoms with Crippen molar-refractivity contribution >= 4 is 75.4 Å². The molecule has 0 aliphatic heterocycles. The zero-order valence-corrected chi connectivity index (χ0v) is 30.7. The smallest absolute Gasteiger partial charge is 0.335 e. The van der Waals surface area contributed by atoms with Gasteiger partial charge in [-0.2, -0.15) is 24.9 Å². The van der Waals surface area contributed by atoms with Crippen molar-refractivity contribution in [3.8, 4) is 0 Å². The number of nitrogen functional groups attached to an aromatic ring is 3. The maximum atomic E-state index is 11.1. The van der Waals surface area contributed by atoms with Gasteiger partial charge in [0.2, 0.25) is 21.8 Å². The lowest BCUT2D eigenvalue weighted by Crippen LogP contribution is -2.06. The van der Waals surface area contributed by atoms with Crippen molar-refractivity contribution in [1.29, 1.82) is 0 Å². The Kier molecular flexibility index (Phi) is 16.1. The quantitative estimate of drug-likeness (QED) is 0.0864. The Morgan fingerprint density at radius 1 is 0.623 bits per heavy atom. The highest BCUT2D eigenvalue weighted by Gasteiger charge is 2.08. The van der Waals surface area contributed by atoms with Gasteiger partial charge in [-0.05, 0) is 114 Å². The highest BCUT2D eigenvalue weighted by Crippen LogP contribution is 2.17. The molecule has 0 spiro atoms. The summed E-state index contributed by atoms with van der Waals surface area (Å²) < 4.78 is 0. The predicted molar refractivity (Wildman–Crippen MR) is 208 cm³/mol. The molecule has 0 atom stereocenters. The molecule has 9 N–H and O–H groups in total. The molecule has 0 aliphatic rings. The molecule has 17 heteroatoms. The summed E-state index contributed by atoms with van der Waals surface area (Å²) in [4.78, 5) is 45.0. The zero-order valence-electron chi connectivity index (χ0n) is 28.4. The highest BCUT2D eigenvalue weighted by molar-refractivity contribution is 6.33. The second kappa shape index (κ2) is 20.7. The van der Waals surface area contributed by atoms with Gasteiger partial charge < -0.3 is 32.7 Å². The number of nitrogens with one attached hydrogen (secondary N) is 1. The summed E-state index contributed by atoms with van der Waals surface area (Å²) in [5, 5.41) is 20.6. The summed E-state index contributed by atoms with van der Waals surface area (Å²) in [5.41, 5.74) is 21.5. The highest BCUT2D eigenvalue weighted by atomic mass is 35.5. The molecule has 0 fully saturated rings. The van der Waals surface area contributed by atoms with Crippen LogP contribution in [0.25, 0.3) is 0 Å². The van der Waals surface area contributed by atoms with Gasteiger partial charge in [0.15, 0.2) is 0 Å². The Balaban J connectivity index is 0.000000227. The van der Waals surface area contributed by atoms with Gasteiger partial charge >= 0.3 is 11.9 Å². The number of nitrogens with zero attached hydrogens (tertiary/aromatic N) is 6. The molecule has 0 saturated carbocycles. The van der Waals surface area contributed by atoms with Crippen LogP contribution < -0.4 is 22.5 Å². The number of aromatic carboxylic acids is 2. The third kappa shape index (κ3) is 15.4. The van der Waals surface area contributed by atoms with Gasteiger partial charge in [0.05, 0.1) is 11.1 Å². The average Bonchev–Trinajstić information content (AvgIpc) is 3.08. The number of carbonyl (C=O) groups is 2. The molecule has 4 aromatic carbocycles. The average molecular weight is 778 g/mol. The fraction of sp³-hybridized carbons (Fsp3) is 0.111. The number of rotatable bonds is 7. The standard InChI is InChI=1S/C20H20N4O2.C7H7NO2.C6H8N2.C3Cl3N3/c1-3-14-6-4-7-15(10-14)11-18-21-13(2)22-20(24-18)23-17-9-5-8-16(12-17)19(25)26;8-6-3-1-2-5(4-6)7(9)10;7-5-2-1-3-6(8)4-5;4-1-7-2(5)9-3(6)8-1/h4-10,12H,3,11H2,1-2H3,(H,25,26)(H,21,22,23,24);1-4H,8H2,(H,9,10);1-4H,7-8H2;. The monoisotopic (exact) mass is 776 g/mol. The Morgan fingerprint density at radius 3 is 1.60 bits per heavy atom. The lowest BCUT2D eigenvalue weighted by Gasteiger charge is -2.09. The van der Waals surface area contributed by atoms with Crippen molar-refractivity contribution < 1.29 is 19.8 Å². The first-order chi connectivity index (χ1) is 25.2. The molecular weight excluding hydrogens is 743 g/mol. The second-order valence-electron chi connectivity index (χ2n) is 10.7. The number of carboxylic acids is 2. The minimum atomic E-state index is -0.975. The molecule has 2 aromatic heterocycles. The molecule has 0 amide bonds. The van der Waals surface area contributed by atoms with E-state index in [1.54, 1.807) is 48.5 Å². The molecular formula is C36H35Cl3N10O4. The summed E-state index contributed by atoms with van der Waals surface area (Å²) in [6.07, 6.45) is 1.60. The number of hydrogen-bond acceptors (Lipinski definition) is 12. The van der Waals surface area contributed by atoms with Crippen molar-refractivity contribution in [2.24, 2.45) is 0 Å². The number of aryl methyl sites for hydroxylation is 2. The number of anilines is 5. The Labute approximate surface area is 320 Å². The van der Waals surface area contributed by atoms with Gasteiger partial charge in [-0.3, -0.25) is 0 Å². The minimum absolute atomic E-state index is 0.000000000000000444. The lowest BCUT2D eigenvalue weighted by atomic mass is 10.1. The van der Waals surface area contributed by atoms with E-state index in [9.17, 15) is 9.59 Å². The summed E-state index contributed by atoms with van der Waals surface area (Å²) in [6.45, 7) is 3.94. The molecule has 274 valence electrons. The van der Waals surface area contributed by atoms with Crippen LogP contribution in [-0.4, -0.2) is 52.1 Å². The van der Waals surface area contributed by atoms with Crippen LogP contribution in [-0.2, 0) is 12.8 Å². The number of nitrogens with two attached hydrogens (primary N) is 3. The van der Waals surface area contributed by atoms with E-state index < -0.39 is 11.9 Å². The minimum Gasteiger partial charge on any atom is -0.478 e. The molecule has 0 bridgehead atoms. The molecule has 6 rings (SSSR count). The second-order valence-corrected chi connectivity index (χ2v) is 11.7. The predicted octanol–water partition coefficient (Wildman–Crippen LogP) is 7.42. The molecule has 6 aromatic rings. The lowest BCUT2D eigenvalue weighted by molar-refractivity contribution is 0.0686. The summed E-state index contributed by atoms with van der Waals surface area (Å²) in [7, 11) is 0. The zero-order chi connectivity index (χ0) is 38.9. The van der Waals surface area contributed by atoms with Crippen molar-refractivity contribution in [3.05, 3.63) is 147 Å². The summed E-state index contributed by atoms with van der Waals surface area (Å²) in [5.74, 6) is -0.243. The van der Waals surface area contributed by atoms with E-state index in [0.29, 0.717) is 46.8 Å². The van der Waals surface area contributed by atoms with Crippen molar-refractivity contribution in [2.45, 2.75) is 26.7 Å². The molecule has 0 unspecified atom stereocenters. The molecule has 53 heavy (non-hydrogen) atoms. The fourth-order valence-corrected chi connectivity index (χ4v) is 4.82. The number of benzene rings is 4. The van der Waals surface area contributed by atoms with Crippen LogP contribution in [0.5, 0.6) is 0 Å². The van der Waals surface area contributed by atoms with Crippen molar-refractivity contribution in [2.75, 3.05) is 22.5 Å². The Bertz CT molecular complexity index is 2090. The molecule has 0 saturated heterocycles. The molecule has 0 aliphatic carbocycles. The summed E-state index contributed by atoms with van der Waals surface area (Å²) >= 11 is 16.0. The van der Waals surface area contributed by atoms with Crippen LogP contribution in [0.4, 0.5) is 28.7 Å².